The topological polar surface area (TPSA) is 99.9 Å². The van der Waals surface area contributed by atoms with Crippen LogP contribution in [0.3, 0.4) is 0 Å². The summed E-state index contributed by atoms with van der Waals surface area (Å²) >= 11 is 0. The summed E-state index contributed by atoms with van der Waals surface area (Å²) in [6, 6.07) is 7.27. The second kappa shape index (κ2) is 5.38. The van der Waals surface area contributed by atoms with Gasteiger partial charge >= 0.3 is 0 Å². The Hall–Kier alpha value is -2.74. The number of H-pyrrole nitrogens is 1. The molecule has 2 N–H and O–H groups in total. The van der Waals surface area contributed by atoms with Gasteiger partial charge in [0.15, 0.2) is 0 Å². The van der Waals surface area contributed by atoms with Crippen LogP contribution in [0, 0.1) is 5.92 Å². The number of carbonyl (C=O) groups excluding carboxylic acids is 1. The molecule has 1 atom stereocenters. The van der Waals surface area contributed by atoms with Gasteiger partial charge in [0.1, 0.15) is 17.1 Å². The number of carbonyl (C=O) groups is 1. The molecule has 8 nitrogen and oxygen atoms in total. The van der Waals surface area contributed by atoms with E-state index in [1.165, 1.54) is 0 Å². The lowest BCUT2D eigenvalue weighted by molar-refractivity contribution is 0.0705. The molecule has 0 unspecified atom stereocenters. The minimum atomic E-state index is -0.475. The number of nitrogens with one attached hydrogen (secondary N) is 1. The van der Waals surface area contributed by atoms with Gasteiger partial charge in [0.05, 0.1) is 24.5 Å². The summed E-state index contributed by atoms with van der Waals surface area (Å²) in [7, 11) is 0. The lowest BCUT2D eigenvalue weighted by atomic mass is 10.1. The van der Waals surface area contributed by atoms with Crippen LogP contribution in [0.15, 0.2) is 24.3 Å². The molecule has 1 aliphatic carbocycles. The second-order valence-corrected chi connectivity index (χ2v) is 6.82. The van der Waals surface area contributed by atoms with Gasteiger partial charge in [0.2, 0.25) is 0 Å². The number of hydrogen-bond acceptors (Lipinski definition) is 5. The van der Waals surface area contributed by atoms with Crippen molar-refractivity contribution in [1.29, 1.82) is 0 Å². The van der Waals surface area contributed by atoms with Crippen molar-refractivity contribution in [2.45, 2.75) is 32.0 Å². The highest BCUT2D eigenvalue weighted by molar-refractivity contribution is 5.97. The van der Waals surface area contributed by atoms with E-state index in [1.54, 1.807) is 18.2 Å². The number of hydrogen-bond donors (Lipinski definition) is 2. The summed E-state index contributed by atoms with van der Waals surface area (Å²) in [5.74, 6) is 0.325. The van der Waals surface area contributed by atoms with E-state index in [1.807, 2.05) is 15.6 Å². The highest BCUT2D eigenvalue weighted by Gasteiger charge is 2.33. The van der Waals surface area contributed by atoms with Gasteiger partial charge in [-0.2, -0.15) is 20.5 Å². The van der Waals surface area contributed by atoms with E-state index < -0.39 is 6.10 Å². The second-order valence-electron chi connectivity index (χ2n) is 6.82. The Morgan fingerprint density at radius 2 is 2.04 bits per heavy atom. The standard InChI is InChI=1S/C17H18N6O2/c24-16(10-1-2-10)15-8-12-9-22(5-6-23(12)20-15)17(25)11-3-4-13-14(7-11)19-21-18-13/h3-4,7-8,10,16,24H,1-2,5-6,9H2,(H,18,19,21)/t16-/m0/s1. The largest absolute Gasteiger partial charge is 0.386 e. The first-order valence-corrected chi connectivity index (χ1v) is 8.53. The third kappa shape index (κ3) is 2.49. The Labute approximate surface area is 143 Å². The summed E-state index contributed by atoms with van der Waals surface area (Å²) in [6.07, 6.45) is 1.66. The van der Waals surface area contributed by atoms with Crippen LogP contribution in [0.2, 0.25) is 0 Å². The molecule has 0 saturated heterocycles. The van der Waals surface area contributed by atoms with Gasteiger partial charge in [-0.3, -0.25) is 9.48 Å². The SMILES string of the molecule is O=C(c1ccc2n[nH]nc2c1)N1CCn2nc([C@@H](O)C3CC3)cc2C1. The lowest BCUT2D eigenvalue weighted by Gasteiger charge is -2.27. The van der Waals surface area contributed by atoms with Gasteiger partial charge in [0, 0.05) is 12.1 Å². The predicted octanol–water partition coefficient (Wildman–Crippen LogP) is 1.25. The molecule has 25 heavy (non-hydrogen) atoms. The maximum atomic E-state index is 12.8. The molecule has 8 heteroatoms. The van der Waals surface area contributed by atoms with Crippen molar-refractivity contribution in [2.75, 3.05) is 6.54 Å². The molecule has 1 fully saturated rings. The molecule has 1 saturated carbocycles. The van der Waals surface area contributed by atoms with Crippen LogP contribution >= 0.6 is 0 Å². The number of benzene rings is 1. The lowest BCUT2D eigenvalue weighted by Crippen LogP contribution is -2.38. The van der Waals surface area contributed by atoms with Crippen LogP contribution < -0.4 is 0 Å². The number of aromatic nitrogens is 5. The van der Waals surface area contributed by atoms with Crippen LogP contribution in [0.25, 0.3) is 11.0 Å². The minimum absolute atomic E-state index is 0.0263. The fourth-order valence-corrected chi connectivity index (χ4v) is 3.42. The third-order valence-corrected chi connectivity index (χ3v) is 5.04. The maximum absolute atomic E-state index is 12.8. The Kier molecular flexibility index (Phi) is 3.14. The van der Waals surface area contributed by atoms with Gasteiger partial charge in [0.25, 0.3) is 5.91 Å². The average Bonchev–Trinajstić information content (AvgIpc) is 3.22. The summed E-state index contributed by atoms with van der Waals surface area (Å²) in [4.78, 5) is 14.6. The average molecular weight is 338 g/mol. The molecule has 1 aromatic carbocycles. The molecule has 3 heterocycles. The van der Waals surface area contributed by atoms with Crippen LogP contribution in [0.4, 0.5) is 0 Å². The molecular weight excluding hydrogens is 320 g/mol. The highest BCUT2D eigenvalue weighted by Crippen LogP contribution is 2.40. The summed E-state index contributed by atoms with van der Waals surface area (Å²) < 4.78 is 1.91. The first-order chi connectivity index (χ1) is 12.2. The van der Waals surface area contributed by atoms with Crippen molar-refractivity contribution in [3.05, 3.63) is 41.2 Å². The maximum Gasteiger partial charge on any atom is 0.254 e. The highest BCUT2D eigenvalue weighted by atomic mass is 16.3. The van der Waals surface area contributed by atoms with E-state index in [9.17, 15) is 9.90 Å². The van der Waals surface area contributed by atoms with Crippen molar-refractivity contribution in [3.63, 3.8) is 0 Å². The van der Waals surface area contributed by atoms with Crippen LogP contribution in [-0.2, 0) is 13.1 Å². The van der Waals surface area contributed by atoms with Crippen molar-refractivity contribution >= 4 is 16.9 Å². The van der Waals surface area contributed by atoms with Crippen LogP contribution in [0.1, 0.15) is 40.7 Å². The van der Waals surface area contributed by atoms with Crippen molar-refractivity contribution in [3.8, 4) is 0 Å². The van der Waals surface area contributed by atoms with E-state index in [-0.39, 0.29) is 5.91 Å². The Morgan fingerprint density at radius 3 is 2.88 bits per heavy atom. The first-order valence-electron chi connectivity index (χ1n) is 8.53. The van der Waals surface area contributed by atoms with E-state index in [4.69, 9.17) is 0 Å². The fraction of sp³-hybridized carbons (Fsp3) is 0.412. The van der Waals surface area contributed by atoms with Gasteiger partial charge in [-0.25, -0.2) is 0 Å². The molecule has 0 radical (unpaired) electrons. The quantitative estimate of drug-likeness (QED) is 0.749. The molecule has 3 aromatic rings. The van der Waals surface area contributed by atoms with Gasteiger partial charge in [-0.1, -0.05) is 0 Å². The number of nitrogens with zero attached hydrogens (tertiary/aromatic N) is 5. The zero-order valence-corrected chi connectivity index (χ0v) is 13.6. The summed E-state index contributed by atoms with van der Waals surface area (Å²) in [5, 5.41) is 25.4. The van der Waals surface area contributed by atoms with E-state index in [0.717, 1.165) is 29.7 Å². The van der Waals surface area contributed by atoms with Crippen molar-refractivity contribution in [1.82, 2.24) is 30.1 Å². The van der Waals surface area contributed by atoms with Crippen molar-refractivity contribution in [2.24, 2.45) is 5.92 Å². The smallest absolute Gasteiger partial charge is 0.254 e. The van der Waals surface area contributed by atoms with Gasteiger partial charge < -0.3 is 10.0 Å². The molecule has 2 aliphatic rings. The van der Waals surface area contributed by atoms with E-state index in [2.05, 4.69) is 20.5 Å². The third-order valence-electron chi connectivity index (χ3n) is 5.04. The molecule has 0 bridgehead atoms. The van der Waals surface area contributed by atoms with Crippen LogP contribution in [-0.4, -0.2) is 47.6 Å². The number of amides is 1. The molecular formula is C17H18N6O2. The van der Waals surface area contributed by atoms with Gasteiger partial charge in [-0.05, 0) is 43.0 Å². The summed E-state index contributed by atoms with van der Waals surface area (Å²) in [5.41, 5.74) is 3.73. The van der Waals surface area contributed by atoms with Crippen molar-refractivity contribution < 1.29 is 9.90 Å². The monoisotopic (exact) mass is 338 g/mol. The molecule has 1 amide bonds. The predicted molar refractivity (Wildman–Crippen MR) is 88.5 cm³/mol. The number of aliphatic hydroxyl groups excluding tert-OH is 1. The number of fused-ring (bicyclic) bond motifs is 2. The van der Waals surface area contributed by atoms with Gasteiger partial charge in [-0.15, -0.1) is 0 Å². The molecule has 128 valence electrons. The van der Waals surface area contributed by atoms with E-state index in [0.29, 0.717) is 36.6 Å². The van der Waals surface area contributed by atoms with E-state index >= 15 is 0 Å². The normalized spacial score (nSPS) is 18.4. The zero-order chi connectivity index (χ0) is 17.0. The summed E-state index contributed by atoms with van der Waals surface area (Å²) in [6.45, 7) is 1.74. The molecule has 1 aliphatic heterocycles. The fourth-order valence-electron chi connectivity index (χ4n) is 3.42. The molecule has 2 aromatic heterocycles. The molecule has 0 spiro atoms. The minimum Gasteiger partial charge on any atom is -0.386 e. The molecule has 5 rings (SSSR count). The number of rotatable bonds is 3. The Bertz CT molecular complexity index is 957. The zero-order valence-electron chi connectivity index (χ0n) is 13.6. The number of aliphatic hydroxyl groups is 1. The number of aromatic amines is 1. The Morgan fingerprint density at radius 1 is 1.20 bits per heavy atom. The van der Waals surface area contributed by atoms with Crippen LogP contribution in [0.5, 0.6) is 0 Å². The Balaban J connectivity index is 1.38. The first kappa shape index (κ1) is 14.6.